The predicted octanol–water partition coefficient (Wildman–Crippen LogP) is 4.16. The third-order valence-corrected chi connectivity index (χ3v) is 4.16. The summed E-state index contributed by atoms with van der Waals surface area (Å²) in [5.41, 5.74) is 0.618. The lowest BCUT2D eigenvalue weighted by molar-refractivity contribution is 0.612. The van der Waals surface area contributed by atoms with Gasteiger partial charge in [0.05, 0.1) is 5.39 Å². The molecule has 2 heterocycles. The zero-order chi connectivity index (χ0) is 14.8. The summed E-state index contributed by atoms with van der Waals surface area (Å²) in [7, 11) is 0. The van der Waals surface area contributed by atoms with E-state index in [0.717, 1.165) is 22.6 Å². The minimum absolute atomic E-state index is 0.214. The maximum absolute atomic E-state index is 13.8. The van der Waals surface area contributed by atoms with Gasteiger partial charge in [0.15, 0.2) is 0 Å². The Morgan fingerprint density at radius 3 is 2.81 bits per heavy atom. The minimum Gasteiger partial charge on any atom is -0.370 e. The first kappa shape index (κ1) is 13.9. The van der Waals surface area contributed by atoms with Crippen LogP contribution in [-0.2, 0) is 6.42 Å². The molecule has 3 aromatic rings. The molecule has 5 heteroatoms. The fourth-order valence-corrected chi connectivity index (χ4v) is 3.18. The number of aryl methyl sites for hydroxylation is 1. The highest BCUT2D eigenvalue weighted by Gasteiger charge is 2.11. The van der Waals surface area contributed by atoms with Crippen LogP contribution in [0.25, 0.3) is 10.2 Å². The Kier molecular flexibility index (Phi) is 3.84. The van der Waals surface area contributed by atoms with Crippen molar-refractivity contribution >= 4 is 27.4 Å². The first-order valence-corrected chi connectivity index (χ1v) is 7.73. The molecule has 0 bridgehead atoms. The molecule has 0 unspecified atom stereocenters. The van der Waals surface area contributed by atoms with E-state index in [-0.39, 0.29) is 5.82 Å². The van der Waals surface area contributed by atoms with E-state index in [1.165, 1.54) is 10.9 Å². The van der Waals surface area contributed by atoms with Crippen molar-refractivity contribution in [3.05, 3.63) is 52.4 Å². The smallest absolute Gasteiger partial charge is 0.138 e. The van der Waals surface area contributed by atoms with Crippen molar-refractivity contribution in [2.75, 3.05) is 11.9 Å². The number of hydrogen-bond donors (Lipinski definition) is 1. The highest BCUT2D eigenvalue weighted by molar-refractivity contribution is 7.18. The lowest BCUT2D eigenvalue weighted by atomic mass is 10.1. The van der Waals surface area contributed by atoms with Gasteiger partial charge in [-0.3, -0.25) is 0 Å². The second-order valence-electron chi connectivity index (χ2n) is 4.86. The third kappa shape index (κ3) is 2.88. The molecule has 0 aliphatic carbocycles. The van der Waals surface area contributed by atoms with Gasteiger partial charge in [-0.25, -0.2) is 14.4 Å². The van der Waals surface area contributed by atoms with Crippen LogP contribution in [0.1, 0.15) is 23.2 Å². The van der Waals surface area contributed by atoms with Gasteiger partial charge in [-0.15, -0.1) is 11.3 Å². The molecule has 0 aliphatic heterocycles. The molecule has 3 rings (SSSR count). The van der Waals surface area contributed by atoms with E-state index in [9.17, 15) is 4.39 Å². The van der Waals surface area contributed by atoms with Crippen LogP contribution in [0.15, 0.2) is 30.3 Å². The van der Waals surface area contributed by atoms with Crippen molar-refractivity contribution in [2.24, 2.45) is 0 Å². The maximum atomic E-state index is 13.8. The standard InChI is InChI=1S/C16H16FN3S/c1-3-18-15-12-8-10(2)21-16(12)20-14(19-15)9-11-6-4-5-7-13(11)17/h4-8H,3,9H2,1-2H3,(H,18,19,20). The maximum Gasteiger partial charge on any atom is 0.138 e. The van der Waals surface area contributed by atoms with Crippen molar-refractivity contribution in [3.8, 4) is 0 Å². The zero-order valence-electron chi connectivity index (χ0n) is 12.0. The summed E-state index contributed by atoms with van der Waals surface area (Å²) in [6.07, 6.45) is 0.401. The second-order valence-corrected chi connectivity index (χ2v) is 6.10. The minimum atomic E-state index is -0.214. The van der Waals surface area contributed by atoms with Crippen LogP contribution in [0, 0.1) is 12.7 Å². The molecular weight excluding hydrogens is 285 g/mol. The lowest BCUT2D eigenvalue weighted by Crippen LogP contribution is -2.05. The monoisotopic (exact) mass is 301 g/mol. The largest absolute Gasteiger partial charge is 0.370 e. The van der Waals surface area contributed by atoms with Gasteiger partial charge in [0.2, 0.25) is 0 Å². The fourth-order valence-electron chi connectivity index (χ4n) is 2.28. The van der Waals surface area contributed by atoms with Crippen molar-refractivity contribution in [2.45, 2.75) is 20.3 Å². The van der Waals surface area contributed by atoms with Crippen LogP contribution in [0.2, 0.25) is 0 Å². The van der Waals surface area contributed by atoms with E-state index in [0.29, 0.717) is 17.8 Å². The number of aromatic nitrogens is 2. The van der Waals surface area contributed by atoms with Crippen LogP contribution < -0.4 is 5.32 Å². The highest BCUT2D eigenvalue weighted by Crippen LogP contribution is 2.29. The van der Waals surface area contributed by atoms with Crippen LogP contribution in [0.3, 0.4) is 0 Å². The number of benzene rings is 1. The Morgan fingerprint density at radius 1 is 1.24 bits per heavy atom. The van der Waals surface area contributed by atoms with Gasteiger partial charge >= 0.3 is 0 Å². The first-order chi connectivity index (χ1) is 10.2. The molecule has 0 spiro atoms. The van der Waals surface area contributed by atoms with Crippen LogP contribution in [0.4, 0.5) is 10.2 Å². The molecule has 0 radical (unpaired) electrons. The fraction of sp³-hybridized carbons (Fsp3) is 0.250. The summed E-state index contributed by atoms with van der Waals surface area (Å²) < 4.78 is 13.8. The zero-order valence-corrected chi connectivity index (χ0v) is 12.8. The van der Waals surface area contributed by atoms with E-state index in [1.54, 1.807) is 23.5 Å². The van der Waals surface area contributed by atoms with Gasteiger partial charge in [-0.05, 0) is 31.5 Å². The molecule has 0 aliphatic rings. The van der Waals surface area contributed by atoms with E-state index >= 15 is 0 Å². The van der Waals surface area contributed by atoms with Crippen LogP contribution in [-0.4, -0.2) is 16.5 Å². The van der Waals surface area contributed by atoms with E-state index in [2.05, 4.69) is 28.3 Å². The number of hydrogen-bond acceptors (Lipinski definition) is 4. The molecule has 0 fully saturated rings. The average Bonchev–Trinajstić information content (AvgIpc) is 2.82. The molecule has 21 heavy (non-hydrogen) atoms. The molecular formula is C16H16FN3S. The third-order valence-electron chi connectivity index (χ3n) is 3.21. The number of thiophene rings is 1. The number of halogens is 1. The van der Waals surface area contributed by atoms with Gasteiger partial charge in [0.1, 0.15) is 22.3 Å². The Balaban J connectivity index is 2.04. The molecule has 3 nitrogen and oxygen atoms in total. The van der Waals surface area contributed by atoms with Gasteiger partial charge in [0, 0.05) is 17.8 Å². The number of anilines is 1. The lowest BCUT2D eigenvalue weighted by Gasteiger charge is -2.07. The summed E-state index contributed by atoms with van der Waals surface area (Å²) in [6.45, 7) is 4.88. The molecule has 1 aromatic carbocycles. The highest BCUT2D eigenvalue weighted by atomic mass is 32.1. The molecule has 0 saturated carbocycles. The SMILES string of the molecule is CCNc1nc(Cc2ccccc2F)nc2sc(C)cc12. The van der Waals surface area contributed by atoms with Crippen molar-refractivity contribution < 1.29 is 4.39 Å². The number of fused-ring (bicyclic) bond motifs is 1. The quantitative estimate of drug-likeness (QED) is 0.786. The molecule has 0 atom stereocenters. The van der Waals surface area contributed by atoms with E-state index in [1.807, 2.05) is 13.0 Å². The molecule has 2 aromatic heterocycles. The average molecular weight is 301 g/mol. The summed E-state index contributed by atoms with van der Waals surface area (Å²) in [5, 5.41) is 4.31. The van der Waals surface area contributed by atoms with Gasteiger partial charge in [-0.2, -0.15) is 0 Å². The number of nitrogens with one attached hydrogen (secondary N) is 1. The first-order valence-electron chi connectivity index (χ1n) is 6.91. The van der Waals surface area contributed by atoms with Gasteiger partial charge in [0.25, 0.3) is 0 Å². The van der Waals surface area contributed by atoms with Crippen LogP contribution in [0.5, 0.6) is 0 Å². The molecule has 0 saturated heterocycles. The Hall–Kier alpha value is -2.01. The van der Waals surface area contributed by atoms with E-state index in [4.69, 9.17) is 0 Å². The van der Waals surface area contributed by atoms with Gasteiger partial charge < -0.3 is 5.32 Å². The Morgan fingerprint density at radius 2 is 2.05 bits per heavy atom. The topological polar surface area (TPSA) is 37.8 Å². The summed E-state index contributed by atoms with van der Waals surface area (Å²) in [5.74, 6) is 1.26. The van der Waals surface area contributed by atoms with Crippen molar-refractivity contribution in [1.82, 2.24) is 9.97 Å². The second kappa shape index (κ2) is 5.77. The van der Waals surface area contributed by atoms with Crippen molar-refractivity contribution in [3.63, 3.8) is 0 Å². The molecule has 108 valence electrons. The predicted molar refractivity (Wildman–Crippen MR) is 85.5 cm³/mol. The molecule has 0 amide bonds. The van der Waals surface area contributed by atoms with Crippen LogP contribution >= 0.6 is 11.3 Å². The normalized spacial score (nSPS) is 11.0. The molecule has 1 N–H and O–H groups in total. The Labute approximate surface area is 126 Å². The van der Waals surface area contributed by atoms with Gasteiger partial charge in [-0.1, -0.05) is 18.2 Å². The summed E-state index contributed by atoms with van der Waals surface area (Å²) in [6, 6.07) is 8.85. The van der Waals surface area contributed by atoms with E-state index < -0.39 is 0 Å². The summed E-state index contributed by atoms with van der Waals surface area (Å²) in [4.78, 5) is 11.3. The van der Waals surface area contributed by atoms with Crippen molar-refractivity contribution in [1.29, 1.82) is 0 Å². The summed E-state index contributed by atoms with van der Waals surface area (Å²) >= 11 is 1.64. The Bertz CT molecular complexity index is 782. The number of nitrogens with zero attached hydrogens (tertiary/aromatic N) is 2. The number of rotatable bonds is 4.